The molecule has 0 bridgehead atoms. The molecule has 8 nitrogen and oxygen atoms in total. The molecule has 34 heavy (non-hydrogen) atoms. The number of amides is 1. The van der Waals surface area contributed by atoms with Gasteiger partial charge in [0.05, 0.1) is 17.4 Å². The summed E-state index contributed by atoms with van der Waals surface area (Å²) in [7, 11) is -3.85. The number of para-hydroxylation sites is 2. The Balaban J connectivity index is 2.07. The van der Waals surface area contributed by atoms with Gasteiger partial charge in [0.25, 0.3) is 5.89 Å². The van der Waals surface area contributed by atoms with Crippen LogP contribution in [0.25, 0.3) is 11.1 Å². The number of hydrogen-bond donors (Lipinski definition) is 2. The number of nitrogens with zero attached hydrogens (tertiary/aromatic N) is 1. The summed E-state index contributed by atoms with van der Waals surface area (Å²) in [5.74, 6) is -3.62. The molecular formula is C25H31N3O5S. The second kappa shape index (κ2) is 10.5. The van der Waals surface area contributed by atoms with Crippen LogP contribution in [-0.2, 0) is 20.4 Å². The maximum atomic E-state index is 13.7. The predicted octanol–water partition coefficient (Wildman–Crippen LogP) is 3.26. The number of rotatable bonds is 12. The molecule has 0 fully saturated rings. The largest absolute Gasteiger partial charge is 0.434 e. The molecule has 0 aliphatic rings. The first-order valence-corrected chi connectivity index (χ1v) is 13.1. The van der Waals surface area contributed by atoms with E-state index < -0.39 is 38.7 Å². The lowest BCUT2D eigenvalue weighted by molar-refractivity contribution is -0.125. The van der Waals surface area contributed by atoms with E-state index in [1.54, 1.807) is 68.4 Å². The van der Waals surface area contributed by atoms with Crippen molar-refractivity contribution in [2.24, 2.45) is 11.7 Å². The van der Waals surface area contributed by atoms with Gasteiger partial charge in [-0.15, -0.1) is 0 Å². The molecule has 2 atom stereocenters. The van der Waals surface area contributed by atoms with Crippen molar-refractivity contribution < 1.29 is 22.4 Å². The van der Waals surface area contributed by atoms with Gasteiger partial charge in [-0.1, -0.05) is 55.8 Å². The SMILES string of the molecule is CCC[C@H](C(=O)c1nc2ccccc2o1)C(CS(=O)(=O)Cc1ccccc1)(NC(C)C)C(N)=O. The molecule has 0 aliphatic carbocycles. The first-order valence-electron chi connectivity index (χ1n) is 11.3. The zero-order valence-corrected chi connectivity index (χ0v) is 20.5. The van der Waals surface area contributed by atoms with E-state index in [0.717, 1.165) is 0 Å². The smallest absolute Gasteiger partial charge is 0.264 e. The summed E-state index contributed by atoms with van der Waals surface area (Å²) in [6.45, 7) is 5.40. The van der Waals surface area contributed by atoms with Crippen molar-refractivity contribution in [2.45, 2.75) is 50.9 Å². The van der Waals surface area contributed by atoms with Crippen LogP contribution in [0.4, 0.5) is 0 Å². The highest BCUT2D eigenvalue weighted by Crippen LogP contribution is 2.31. The topological polar surface area (TPSA) is 132 Å². The number of oxazole rings is 1. The Kier molecular flexibility index (Phi) is 7.89. The van der Waals surface area contributed by atoms with Crippen LogP contribution >= 0.6 is 0 Å². The first kappa shape index (κ1) is 25.6. The Morgan fingerprint density at radius 1 is 1.09 bits per heavy atom. The number of hydrogen-bond acceptors (Lipinski definition) is 7. The molecule has 0 spiro atoms. The number of Topliss-reactive ketones (excluding diaryl/α,β-unsaturated/α-hetero) is 1. The quantitative estimate of drug-likeness (QED) is 0.376. The van der Waals surface area contributed by atoms with Crippen molar-refractivity contribution in [1.29, 1.82) is 0 Å². The first-order chi connectivity index (χ1) is 16.1. The van der Waals surface area contributed by atoms with E-state index in [-0.39, 0.29) is 24.1 Å². The van der Waals surface area contributed by atoms with Crippen LogP contribution < -0.4 is 11.1 Å². The van der Waals surface area contributed by atoms with Gasteiger partial charge >= 0.3 is 0 Å². The number of carbonyl (C=O) groups is 2. The molecule has 1 aromatic heterocycles. The number of carbonyl (C=O) groups excluding carboxylic acids is 2. The van der Waals surface area contributed by atoms with E-state index in [1.807, 2.05) is 6.92 Å². The molecule has 0 aliphatic heterocycles. The maximum absolute atomic E-state index is 13.7. The molecule has 3 rings (SSSR count). The second-order valence-corrected chi connectivity index (χ2v) is 10.9. The Hall–Kier alpha value is -3.04. The monoisotopic (exact) mass is 485 g/mol. The summed E-state index contributed by atoms with van der Waals surface area (Å²) >= 11 is 0. The fourth-order valence-electron chi connectivity index (χ4n) is 4.31. The van der Waals surface area contributed by atoms with Gasteiger partial charge in [0, 0.05) is 6.04 Å². The van der Waals surface area contributed by atoms with Gasteiger partial charge in [-0.05, 0) is 38.0 Å². The van der Waals surface area contributed by atoms with Crippen LogP contribution in [-0.4, -0.2) is 42.4 Å². The molecule has 3 N–H and O–H groups in total. The van der Waals surface area contributed by atoms with Crippen molar-refractivity contribution in [3.8, 4) is 0 Å². The van der Waals surface area contributed by atoms with Crippen LogP contribution in [0.3, 0.4) is 0 Å². The van der Waals surface area contributed by atoms with Crippen molar-refractivity contribution in [1.82, 2.24) is 10.3 Å². The van der Waals surface area contributed by atoms with Crippen LogP contribution in [0.15, 0.2) is 59.0 Å². The van der Waals surface area contributed by atoms with Crippen LogP contribution in [0.5, 0.6) is 0 Å². The van der Waals surface area contributed by atoms with Crippen LogP contribution in [0.2, 0.25) is 0 Å². The highest BCUT2D eigenvalue weighted by atomic mass is 32.2. The van der Waals surface area contributed by atoms with E-state index in [4.69, 9.17) is 10.2 Å². The van der Waals surface area contributed by atoms with Crippen molar-refractivity contribution in [2.75, 3.05) is 5.75 Å². The van der Waals surface area contributed by atoms with Crippen LogP contribution in [0, 0.1) is 5.92 Å². The summed E-state index contributed by atoms with van der Waals surface area (Å²) in [6.07, 6.45) is 0.741. The summed E-state index contributed by atoms with van der Waals surface area (Å²) in [6, 6.07) is 15.3. The molecule has 0 radical (unpaired) electrons. The minimum Gasteiger partial charge on any atom is -0.434 e. The zero-order chi connectivity index (χ0) is 24.9. The Morgan fingerprint density at radius 2 is 1.74 bits per heavy atom. The van der Waals surface area contributed by atoms with Gasteiger partial charge in [-0.2, -0.15) is 0 Å². The van der Waals surface area contributed by atoms with Crippen LogP contribution in [0.1, 0.15) is 49.9 Å². The number of nitrogens with one attached hydrogen (secondary N) is 1. The summed E-state index contributed by atoms with van der Waals surface area (Å²) in [4.78, 5) is 31.0. The van der Waals surface area contributed by atoms with E-state index in [9.17, 15) is 18.0 Å². The van der Waals surface area contributed by atoms with Gasteiger partial charge in [-0.25, -0.2) is 13.4 Å². The molecular weight excluding hydrogens is 454 g/mol. The number of nitrogens with two attached hydrogens (primary N) is 1. The molecule has 1 heterocycles. The third kappa shape index (κ3) is 5.71. The Bertz CT molecular complexity index is 1220. The minimum absolute atomic E-state index is 0.170. The fraction of sp³-hybridized carbons (Fsp3) is 0.400. The van der Waals surface area contributed by atoms with Gasteiger partial charge in [0.1, 0.15) is 11.1 Å². The lowest BCUT2D eigenvalue weighted by Crippen LogP contribution is -2.67. The normalized spacial score (nSPS) is 14.7. The lowest BCUT2D eigenvalue weighted by Gasteiger charge is -2.39. The highest BCUT2D eigenvalue weighted by Gasteiger charge is 2.51. The van der Waals surface area contributed by atoms with E-state index in [0.29, 0.717) is 23.1 Å². The summed E-state index contributed by atoms with van der Waals surface area (Å²) in [5.41, 5.74) is 5.55. The lowest BCUT2D eigenvalue weighted by atomic mass is 9.78. The van der Waals surface area contributed by atoms with E-state index in [1.165, 1.54) is 0 Å². The standard InChI is InChI=1S/C25H31N3O5S/c1-4-10-19(22(29)23-27-20-13-8-9-14-21(20)33-23)25(24(26)30,28-17(2)3)16-34(31,32)15-18-11-6-5-7-12-18/h5-9,11-14,17,19,28H,4,10,15-16H2,1-3H3,(H2,26,30)/t19-,25?/m1/s1. The molecule has 0 saturated heterocycles. The zero-order valence-electron chi connectivity index (χ0n) is 19.7. The van der Waals surface area contributed by atoms with Gasteiger partial charge < -0.3 is 10.2 Å². The fourth-order valence-corrected chi connectivity index (χ4v) is 6.24. The third-order valence-corrected chi connectivity index (χ3v) is 7.32. The number of sulfone groups is 1. The molecule has 9 heteroatoms. The maximum Gasteiger partial charge on any atom is 0.264 e. The second-order valence-electron chi connectivity index (χ2n) is 8.84. The molecule has 3 aromatic rings. The average molecular weight is 486 g/mol. The highest BCUT2D eigenvalue weighted by molar-refractivity contribution is 7.90. The van der Waals surface area contributed by atoms with Gasteiger partial charge in [-0.3, -0.25) is 14.9 Å². The number of benzene rings is 2. The Morgan fingerprint density at radius 3 is 2.32 bits per heavy atom. The van der Waals surface area contributed by atoms with Crippen molar-refractivity contribution >= 4 is 32.6 Å². The number of primary amides is 1. The summed E-state index contributed by atoms with van der Waals surface area (Å²) < 4.78 is 32.3. The minimum atomic E-state index is -3.85. The Labute approximate surface area is 199 Å². The average Bonchev–Trinajstić information content (AvgIpc) is 3.20. The third-order valence-electron chi connectivity index (χ3n) is 5.66. The molecule has 182 valence electrons. The molecule has 1 amide bonds. The molecule has 2 aromatic carbocycles. The predicted molar refractivity (Wildman–Crippen MR) is 131 cm³/mol. The molecule has 0 saturated carbocycles. The number of fused-ring (bicyclic) bond motifs is 1. The number of ketones is 1. The van der Waals surface area contributed by atoms with Gasteiger partial charge in [0.2, 0.25) is 11.7 Å². The van der Waals surface area contributed by atoms with Crippen molar-refractivity contribution in [3.05, 3.63) is 66.1 Å². The number of aromatic nitrogens is 1. The molecule has 1 unspecified atom stereocenters. The van der Waals surface area contributed by atoms with E-state index in [2.05, 4.69) is 10.3 Å². The van der Waals surface area contributed by atoms with E-state index >= 15 is 0 Å². The van der Waals surface area contributed by atoms with Gasteiger partial charge in [0.15, 0.2) is 15.4 Å². The summed E-state index contributed by atoms with van der Waals surface area (Å²) in [5, 5.41) is 3.06. The van der Waals surface area contributed by atoms with Crippen molar-refractivity contribution in [3.63, 3.8) is 0 Å².